The van der Waals surface area contributed by atoms with Crippen molar-refractivity contribution in [1.82, 2.24) is 9.80 Å². The standard InChI is InChI=1S/C13H24N2O5/c1-3-4-5-15(6-7-16)13(19)14(2)11-9-20-8-10(11)12(17)18/h10-11,16H,3-9H2,1-2H3,(H,17,18). The summed E-state index contributed by atoms with van der Waals surface area (Å²) in [6, 6.07) is -0.711. The van der Waals surface area contributed by atoms with Gasteiger partial charge in [0.05, 0.1) is 25.9 Å². The maximum Gasteiger partial charge on any atom is 0.320 e. The van der Waals surface area contributed by atoms with Gasteiger partial charge in [-0.15, -0.1) is 0 Å². The Morgan fingerprint density at radius 2 is 2.00 bits per heavy atom. The van der Waals surface area contributed by atoms with E-state index < -0.39 is 17.9 Å². The van der Waals surface area contributed by atoms with Gasteiger partial charge < -0.3 is 24.7 Å². The molecule has 7 nitrogen and oxygen atoms in total. The number of likely N-dealkylation sites (N-methyl/N-ethyl adjacent to an activating group) is 1. The predicted molar refractivity (Wildman–Crippen MR) is 72.5 cm³/mol. The first-order valence-electron chi connectivity index (χ1n) is 6.96. The van der Waals surface area contributed by atoms with E-state index in [1.165, 1.54) is 4.90 Å². The van der Waals surface area contributed by atoms with Crippen LogP contribution in [0.1, 0.15) is 19.8 Å². The van der Waals surface area contributed by atoms with Gasteiger partial charge in [0.15, 0.2) is 0 Å². The molecule has 0 aromatic rings. The van der Waals surface area contributed by atoms with Crippen molar-refractivity contribution in [2.75, 3.05) is 40.0 Å². The number of rotatable bonds is 7. The lowest BCUT2D eigenvalue weighted by molar-refractivity contribution is -0.142. The van der Waals surface area contributed by atoms with E-state index in [-0.39, 0.29) is 32.4 Å². The number of aliphatic carboxylic acids is 1. The largest absolute Gasteiger partial charge is 0.481 e. The van der Waals surface area contributed by atoms with E-state index in [1.807, 2.05) is 6.92 Å². The van der Waals surface area contributed by atoms with E-state index in [4.69, 9.17) is 14.9 Å². The van der Waals surface area contributed by atoms with Crippen LogP contribution in [0, 0.1) is 5.92 Å². The molecule has 0 bridgehead atoms. The number of carboxylic acid groups (broad SMARTS) is 1. The van der Waals surface area contributed by atoms with Crippen LogP contribution in [0.2, 0.25) is 0 Å². The molecule has 1 saturated heterocycles. The summed E-state index contributed by atoms with van der Waals surface area (Å²) in [6.07, 6.45) is 1.80. The van der Waals surface area contributed by atoms with Gasteiger partial charge in [0.1, 0.15) is 5.92 Å². The molecule has 1 aliphatic rings. The van der Waals surface area contributed by atoms with Crippen molar-refractivity contribution in [1.29, 1.82) is 0 Å². The summed E-state index contributed by atoms with van der Waals surface area (Å²) in [4.78, 5) is 26.5. The van der Waals surface area contributed by atoms with Crippen LogP contribution >= 0.6 is 0 Å². The summed E-state index contributed by atoms with van der Waals surface area (Å²) in [5, 5.41) is 18.2. The fraction of sp³-hybridized carbons (Fsp3) is 0.846. The van der Waals surface area contributed by atoms with E-state index in [0.29, 0.717) is 6.54 Å². The van der Waals surface area contributed by atoms with E-state index >= 15 is 0 Å². The topological polar surface area (TPSA) is 90.3 Å². The van der Waals surface area contributed by atoms with E-state index in [2.05, 4.69) is 0 Å². The van der Waals surface area contributed by atoms with Crippen LogP contribution in [0.15, 0.2) is 0 Å². The maximum absolute atomic E-state index is 12.4. The SMILES string of the molecule is CCCCN(CCO)C(=O)N(C)C1COCC1C(=O)O. The van der Waals surface area contributed by atoms with Crippen LogP contribution in [0.4, 0.5) is 4.79 Å². The van der Waals surface area contributed by atoms with Crippen LogP contribution < -0.4 is 0 Å². The Hall–Kier alpha value is -1.34. The normalized spacial score (nSPS) is 21.8. The van der Waals surface area contributed by atoms with Crippen molar-refractivity contribution in [2.45, 2.75) is 25.8 Å². The van der Waals surface area contributed by atoms with Crippen molar-refractivity contribution < 1.29 is 24.5 Å². The minimum absolute atomic E-state index is 0.104. The maximum atomic E-state index is 12.4. The van der Waals surface area contributed by atoms with Crippen LogP contribution in [0.25, 0.3) is 0 Å². The van der Waals surface area contributed by atoms with Crippen LogP contribution in [-0.4, -0.2) is 78.0 Å². The van der Waals surface area contributed by atoms with E-state index in [9.17, 15) is 9.59 Å². The van der Waals surface area contributed by atoms with E-state index in [1.54, 1.807) is 11.9 Å². The summed E-state index contributed by atoms with van der Waals surface area (Å²) >= 11 is 0. The predicted octanol–water partition coefficient (Wildman–Crippen LogP) is 0.232. The van der Waals surface area contributed by atoms with Gasteiger partial charge in [-0.05, 0) is 6.42 Å². The zero-order valence-electron chi connectivity index (χ0n) is 12.1. The lowest BCUT2D eigenvalue weighted by atomic mass is 10.0. The molecule has 2 N–H and O–H groups in total. The highest BCUT2D eigenvalue weighted by molar-refractivity contribution is 5.77. The van der Waals surface area contributed by atoms with Gasteiger partial charge in [0, 0.05) is 20.1 Å². The number of unbranched alkanes of at least 4 members (excludes halogenated alkanes) is 1. The third-order valence-corrected chi connectivity index (χ3v) is 3.59. The molecule has 2 atom stereocenters. The fourth-order valence-electron chi connectivity index (χ4n) is 2.30. The number of nitrogens with zero attached hydrogens (tertiary/aromatic N) is 2. The monoisotopic (exact) mass is 288 g/mol. The number of aliphatic hydroxyl groups is 1. The molecule has 0 radical (unpaired) electrons. The zero-order chi connectivity index (χ0) is 15.1. The van der Waals surface area contributed by atoms with Gasteiger partial charge in [0.25, 0.3) is 0 Å². The Kier molecular flexibility index (Phi) is 6.74. The molecule has 0 spiro atoms. The van der Waals surface area contributed by atoms with Crippen LogP contribution in [0.3, 0.4) is 0 Å². The number of carbonyl (C=O) groups is 2. The number of ether oxygens (including phenoxy) is 1. The highest BCUT2D eigenvalue weighted by atomic mass is 16.5. The average molecular weight is 288 g/mol. The molecule has 0 saturated carbocycles. The summed E-state index contributed by atoms with van der Waals surface area (Å²) < 4.78 is 5.18. The summed E-state index contributed by atoms with van der Waals surface area (Å²) in [5.74, 6) is -1.64. The molecule has 1 fully saturated rings. The highest BCUT2D eigenvalue weighted by Crippen LogP contribution is 2.20. The molecular weight excluding hydrogens is 264 g/mol. The molecule has 0 aromatic carbocycles. The van der Waals surface area contributed by atoms with Gasteiger partial charge >= 0.3 is 12.0 Å². The third-order valence-electron chi connectivity index (χ3n) is 3.59. The summed E-state index contributed by atoms with van der Waals surface area (Å²) in [7, 11) is 1.59. The quantitative estimate of drug-likeness (QED) is 0.700. The Balaban J connectivity index is 2.69. The van der Waals surface area contributed by atoms with Gasteiger partial charge in [0.2, 0.25) is 0 Å². The number of hydrogen-bond donors (Lipinski definition) is 2. The van der Waals surface area contributed by atoms with Gasteiger partial charge in [-0.1, -0.05) is 13.3 Å². The number of carboxylic acids is 1. The Morgan fingerprint density at radius 3 is 2.55 bits per heavy atom. The molecule has 0 aliphatic carbocycles. The molecule has 1 heterocycles. The van der Waals surface area contributed by atoms with Crippen molar-refractivity contribution in [3.63, 3.8) is 0 Å². The summed E-state index contributed by atoms with van der Waals surface area (Å²) in [6.45, 7) is 3.11. The highest BCUT2D eigenvalue weighted by Gasteiger charge is 2.39. The number of hydrogen-bond acceptors (Lipinski definition) is 4. The molecule has 116 valence electrons. The van der Waals surface area contributed by atoms with E-state index in [0.717, 1.165) is 12.8 Å². The van der Waals surface area contributed by atoms with Gasteiger partial charge in [-0.25, -0.2) is 4.79 Å². The van der Waals surface area contributed by atoms with Crippen molar-refractivity contribution >= 4 is 12.0 Å². The Bertz CT molecular complexity index is 337. The lowest BCUT2D eigenvalue weighted by Crippen LogP contribution is -2.50. The molecule has 0 aromatic heterocycles. The number of carbonyl (C=O) groups excluding carboxylic acids is 1. The Labute approximate surface area is 119 Å². The molecule has 2 amide bonds. The second-order valence-corrected chi connectivity index (χ2v) is 5.01. The summed E-state index contributed by atoms with van der Waals surface area (Å²) in [5.41, 5.74) is 0. The molecule has 20 heavy (non-hydrogen) atoms. The first kappa shape index (κ1) is 16.7. The number of amides is 2. The average Bonchev–Trinajstić information content (AvgIpc) is 2.91. The van der Waals surface area contributed by atoms with Crippen LogP contribution in [0.5, 0.6) is 0 Å². The number of aliphatic hydroxyl groups excluding tert-OH is 1. The van der Waals surface area contributed by atoms with Crippen LogP contribution in [-0.2, 0) is 9.53 Å². The van der Waals surface area contributed by atoms with Crippen molar-refractivity contribution in [2.24, 2.45) is 5.92 Å². The second-order valence-electron chi connectivity index (χ2n) is 5.01. The first-order valence-corrected chi connectivity index (χ1v) is 6.96. The van der Waals surface area contributed by atoms with Crippen molar-refractivity contribution in [3.05, 3.63) is 0 Å². The molecular formula is C13H24N2O5. The lowest BCUT2D eigenvalue weighted by Gasteiger charge is -2.32. The third kappa shape index (κ3) is 4.08. The molecule has 2 unspecified atom stereocenters. The zero-order valence-corrected chi connectivity index (χ0v) is 12.1. The van der Waals surface area contributed by atoms with Gasteiger partial charge in [-0.3, -0.25) is 4.79 Å². The fourth-order valence-corrected chi connectivity index (χ4v) is 2.30. The number of urea groups is 1. The molecule has 1 aliphatic heterocycles. The Morgan fingerprint density at radius 1 is 1.30 bits per heavy atom. The van der Waals surface area contributed by atoms with Crippen molar-refractivity contribution in [3.8, 4) is 0 Å². The first-order chi connectivity index (χ1) is 9.52. The molecule has 7 heteroatoms. The minimum atomic E-state index is -0.950. The minimum Gasteiger partial charge on any atom is -0.481 e. The second kappa shape index (κ2) is 8.06. The smallest absolute Gasteiger partial charge is 0.320 e. The van der Waals surface area contributed by atoms with Gasteiger partial charge in [-0.2, -0.15) is 0 Å². The molecule has 1 rings (SSSR count).